The molecule has 18 heavy (non-hydrogen) atoms. The van der Waals surface area contributed by atoms with Crippen molar-refractivity contribution in [1.82, 2.24) is 10.1 Å². The molecule has 0 spiro atoms. The van der Waals surface area contributed by atoms with E-state index < -0.39 is 11.6 Å². The van der Waals surface area contributed by atoms with E-state index >= 15 is 0 Å². The maximum Gasteiger partial charge on any atom is 0.314 e. The van der Waals surface area contributed by atoms with Crippen LogP contribution in [0.15, 0.2) is 9.75 Å². The van der Waals surface area contributed by atoms with Crippen molar-refractivity contribution in [3.63, 3.8) is 0 Å². The lowest BCUT2D eigenvalue weighted by Crippen LogP contribution is -2.29. The molecule has 1 aromatic rings. The van der Waals surface area contributed by atoms with E-state index in [0.29, 0.717) is 12.4 Å². The van der Waals surface area contributed by atoms with Gasteiger partial charge in [-0.3, -0.25) is 4.79 Å². The van der Waals surface area contributed by atoms with Crippen LogP contribution >= 0.6 is 11.8 Å². The van der Waals surface area contributed by atoms with Gasteiger partial charge in [-0.25, -0.2) is 0 Å². The molecule has 0 atom stereocenters. The van der Waals surface area contributed by atoms with Gasteiger partial charge in [-0.15, -0.1) is 0 Å². The third-order valence-corrected chi connectivity index (χ3v) is 3.50. The summed E-state index contributed by atoms with van der Waals surface area (Å²) < 4.78 is 10.8. The smallest absolute Gasteiger partial charge is 0.314 e. The van der Waals surface area contributed by atoms with Crippen LogP contribution in [0, 0.1) is 0 Å². The van der Waals surface area contributed by atoms with Gasteiger partial charge in [0.05, 0.1) is 0 Å². The summed E-state index contributed by atoms with van der Waals surface area (Å²) in [6, 6.07) is 0. The number of aliphatic carboxylic acids is 1. The Balaban J connectivity index is 2.83. The molecule has 0 bridgehead atoms. The predicted molar refractivity (Wildman–Crippen MR) is 66.5 cm³/mol. The minimum Gasteiger partial charge on any atom is -0.481 e. The van der Waals surface area contributed by atoms with E-state index in [4.69, 9.17) is 14.4 Å². The van der Waals surface area contributed by atoms with Gasteiger partial charge in [0.15, 0.2) is 0 Å². The minimum absolute atomic E-state index is 0.0957. The van der Waals surface area contributed by atoms with Crippen LogP contribution < -0.4 is 0 Å². The summed E-state index contributed by atoms with van der Waals surface area (Å²) in [5.74, 6) is -0.523. The number of carbonyl (C=O) groups is 1. The summed E-state index contributed by atoms with van der Waals surface area (Å²) in [7, 11) is 0. The molecule has 0 amide bonds. The van der Waals surface area contributed by atoms with Gasteiger partial charge < -0.3 is 14.4 Å². The maximum absolute atomic E-state index is 10.5. The third kappa shape index (κ3) is 3.46. The molecule has 0 unspecified atom stereocenters. The van der Waals surface area contributed by atoms with Crippen molar-refractivity contribution in [2.75, 3.05) is 12.4 Å². The van der Waals surface area contributed by atoms with Crippen LogP contribution in [-0.4, -0.2) is 33.6 Å². The number of carboxylic acid groups (broad SMARTS) is 1. The van der Waals surface area contributed by atoms with Crippen LogP contribution in [0.5, 0.6) is 0 Å². The molecule has 0 saturated heterocycles. The van der Waals surface area contributed by atoms with Gasteiger partial charge in [0.25, 0.3) is 5.22 Å². The average molecular weight is 274 g/mol. The van der Waals surface area contributed by atoms with Crippen molar-refractivity contribution in [2.24, 2.45) is 0 Å². The highest BCUT2D eigenvalue weighted by Gasteiger charge is 2.34. The number of hydrogen-bond acceptors (Lipinski definition) is 6. The highest BCUT2D eigenvalue weighted by molar-refractivity contribution is 7.99. The normalized spacial score (nSPS) is 11.7. The molecule has 1 heterocycles. The maximum atomic E-state index is 10.5. The number of hydrogen-bond donors (Lipinski definition) is 1. The van der Waals surface area contributed by atoms with Crippen LogP contribution in [-0.2, 0) is 15.1 Å². The zero-order valence-electron chi connectivity index (χ0n) is 10.8. The van der Waals surface area contributed by atoms with Gasteiger partial charge in [0.1, 0.15) is 11.4 Å². The van der Waals surface area contributed by atoms with Gasteiger partial charge in [-0.1, -0.05) is 30.8 Å². The summed E-state index contributed by atoms with van der Waals surface area (Å²) >= 11 is 1.01. The molecule has 0 aliphatic heterocycles. The lowest BCUT2D eigenvalue weighted by Gasteiger charge is -2.27. The topological polar surface area (TPSA) is 85.5 Å². The average Bonchev–Trinajstić information content (AvgIpc) is 2.83. The van der Waals surface area contributed by atoms with Crippen LogP contribution in [0.4, 0.5) is 0 Å². The van der Waals surface area contributed by atoms with Crippen molar-refractivity contribution in [1.29, 1.82) is 0 Å². The van der Waals surface area contributed by atoms with E-state index in [9.17, 15) is 4.79 Å². The Bertz CT molecular complexity index is 390. The fourth-order valence-corrected chi connectivity index (χ4v) is 2.18. The summed E-state index contributed by atoms with van der Waals surface area (Å²) in [4.78, 5) is 14.7. The van der Waals surface area contributed by atoms with Crippen molar-refractivity contribution in [3.05, 3.63) is 5.82 Å². The fourth-order valence-electron chi connectivity index (χ4n) is 1.69. The SMILES string of the molecule is CCOC(CC)(CC)c1noc(SCC(=O)O)n1. The Hall–Kier alpha value is -1.08. The van der Waals surface area contributed by atoms with E-state index in [-0.39, 0.29) is 11.0 Å². The number of carboxylic acids is 1. The van der Waals surface area contributed by atoms with Gasteiger partial charge in [-0.2, -0.15) is 4.98 Å². The van der Waals surface area contributed by atoms with Crippen molar-refractivity contribution in [3.8, 4) is 0 Å². The van der Waals surface area contributed by atoms with Crippen molar-refractivity contribution in [2.45, 2.75) is 44.4 Å². The third-order valence-electron chi connectivity index (χ3n) is 2.70. The summed E-state index contributed by atoms with van der Waals surface area (Å²) in [6.07, 6.45) is 1.47. The number of aromatic nitrogens is 2. The van der Waals surface area contributed by atoms with Gasteiger partial charge >= 0.3 is 5.97 Å². The zero-order valence-corrected chi connectivity index (χ0v) is 11.6. The van der Waals surface area contributed by atoms with Gasteiger partial charge in [-0.05, 0) is 19.8 Å². The molecule has 7 heteroatoms. The van der Waals surface area contributed by atoms with E-state index in [2.05, 4.69) is 10.1 Å². The monoisotopic (exact) mass is 274 g/mol. The molecule has 6 nitrogen and oxygen atoms in total. The largest absolute Gasteiger partial charge is 0.481 e. The van der Waals surface area contributed by atoms with E-state index in [1.807, 2.05) is 20.8 Å². The fraction of sp³-hybridized carbons (Fsp3) is 0.727. The van der Waals surface area contributed by atoms with Crippen LogP contribution in [0.2, 0.25) is 0 Å². The Kier molecular flexibility index (Phi) is 5.61. The first-order valence-corrected chi connectivity index (χ1v) is 6.89. The number of nitrogens with zero attached hydrogens (tertiary/aromatic N) is 2. The Morgan fingerprint density at radius 2 is 2.11 bits per heavy atom. The molecule has 0 fully saturated rings. The summed E-state index contributed by atoms with van der Waals surface area (Å²) in [5, 5.41) is 12.7. The van der Waals surface area contributed by atoms with Gasteiger partial charge in [0.2, 0.25) is 5.82 Å². The van der Waals surface area contributed by atoms with E-state index in [0.717, 1.165) is 24.6 Å². The van der Waals surface area contributed by atoms with Gasteiger partial charge in [0, 0.05) is 6.61 Å². The number of ether oxygens (including phenoxy) is 1. The second-order valence-corrected chi connectivity index (χ2v) is 4.63. The molecule has 0 aliphatic rings. The summed E-state index contributed by atoms with van der Waals surface area (Å²) in [6.45, 7) is 6.48. The Morgan fingerprint density at radius 1 is 1.44 bits per heavy atom. The molecule has 1 rings (SSSR count). The molecule has 1 N–H and O–H groups in total. The predicted octanol–water partition coefficient (Wildman–Crippen LogP) is 2.30. The second kappa shape index (κ2) is 6.75. The first kappa shape index (κ1) is 15.0. The first-order chi connectivity index (χ1) is 8.57. The van der Waals surface area contributed by atoms with Crippen LogP contribution in [0.3, 0.4) is 0 Å². The number of rotatable bonds is 8. The number of thioether (sulfide) groups is 1. The minimum atomic E-state index is -0.915. The molecule has 0 aliphatic carbocycles. The quantitative estimate of drug-likeness (QED) is 0.728. The molecule has 0 saturated carbocycles. The second-order valence-electron chi connectivity index (χ2n) is 3.70. The lowest BCUT2D eigenvalue weighted by molar-refractivity contribution is -0.133. The molecular formula is C11H18N2O4S. The molecular weight excluding hydrogens is 256 g/mol. The molecule has 1 aromatic heterocycles. The standard InChI is InChI=1S/C11H18N2O4S/c1-4-11(5-2,16-6-3)9-12-10(17-13-9)18-7-8(14)15/h4-7H2,1-3H3,(H,14,15). The molecule has 102 valence electrons. The van der Waals surface area contributed by atoms with Crippen LogP contribution in [0.25, 0.3) is 0 Å². The van der Waals surface area contributed by atoms with Crippen LogP contribution in [0.1, 0.15) is 39.4 Å². The molecule has 0 radical (unpaired) electrons. The Labute approximate surface area is 110 Å². The zero-order chi connectivity index (χ0) is 13.6. The van der Waals surface area contributed by atoms with Crippen molar-refractivity contribution < 1.29 is 19.2 Å². The van der Waals surface area contributed by atoms with E-state index in [1.54, 1.807) is 0 Å². The van der Waals surface area contributed by atoms with Crippen molar-refractivity contribution >= 4 is 17.7 Å². The Morgan fingerprint density at radius 3 is 2.61 bits per heavy atom. The van der Waals surface area contributed by atoms with E-state index in [1.165, 1.54) is 0 Å². The summed E-state index contributed by atoms with van der Waals surface area (Å²) in [5.41, 5.74) is -0.541. The lowest BCUT2D eigenvalue weighted by atomic mass is 9.96. The first-order valence-electron chi connectivity index (χ1n) is 5.90. The highest BCUT2D eigenvalue weighted by Crippen LogP contribution is 2.32. The highest BCUT2D eigenvalue weighted by atomic mass is 32.2. The molecule has 0 aromatic carbocycles.